The third-order valence-electron chi connectivity index (χ3n) is 4.78. The molecule has 0 radical (unpaired) electrons. The number of hydrogen-bond donors (Lipinski definition) is 0. The number of carbonyl (C=O) groups is 1. The Labute approximate surface area is 148 Å². The maximum atomic E-state index is 13.3. The van der Waals surface area contributed by atoms with Gasteiger partial charge in [-0.3, -0.25) is 4.79 Å². The molecule has 4 nitrogen and oxygen atoms in total. The predicted octanol–water partition coefficient (Wildman–Crippen LogP) is 3.26. The molecule has 3 rings (SSSR count). The van der Waals surface area contributed by atoms with Crippen LogP contribution in [-0.2, 0) is 14.6 Å². The second-order valence-corrected chi connectivity index (χ2v) is 9.64. The molecule has 1 aliphatic carbocycles. The van der Waals surface area contributed by atoms with E-state index in [-0.39, 0.29) is 30.2 Å². The molecule has 1 aliphatic heterocycles. The molecule has 8 heteroatoms. The molecule has 1 saturated carbocycles. The first kappa shape index (κ1) is 17.8. The van der Waals surface area contributed by atoms with Crippen molar-refractivity contribution in [2.24, 2.45) is 5.92 Å². The molecule has 132 valence electrons. The van der Waals surface area contributed by atoms with Crippen molar-refractivity contribution in [3.05, 3.63) is 28.7 Å². The lowest BCUT2D eigenvalue weighted by Crippen LogP contribution is -2.35. The molecule has 0 spiro atoms. The Hall–Kier alpha value is -1.02. The molecule has 0 aromatic heterocycles. The molecule has 1 saturated heterocycles. The van der Waals surface area contributed by atoms with E-state index >= 15 is 0 Å². The fourth-order valence-electron chi connectivity index (χ4n) is 3.46. The summed E-state index contributed by atoms with van der Waals surface area (Å²) in [4.78, 5) is 13.8. The van der Waals surface area contributed by atoms with E-state index in [2.05, 4.69) is 15.9 Å². The zero-order chi connectivity index (χ0) is 17.5. The van der Waals surface area contributed by atoms with Gasteiger partial charge in [0.2, 0.25) is 5.91 Å². The average Bonchev–Trinajstić information content (AvgIpc) is 3.13. The van der Waals surface area contributed by atoms with Crippen LogP contribution in [0.2, 0.25) is 0 Å². The van der Waals surface area contributed by atoms with E-state index < -0.39 is 33.5 Å². The fourth-order valence-corrected chi connectivity index (χ4v) is 5.89. The van der Waals surface area contributed by atoms with Crippen LogP contribution < -0.4 is 0 Å². The predicted molar refractivity (Wildman–Crippen MR) is 88.6 cm³/mol. The summed E-state index contributed by atoms with van der Waals surface area (Å²) in [6.45, 7) is -0.503. The lowest BCUT2D eigenvalue weighted by Gasteiger charge is -2.20. The number of sulfone groups is 1. The number of rotatable bonds is 3. The number of carbonyl (C=O) groups excluding carboxylic acids is 1. The highest BCUT2D eigenvalue weighted by atomic mass is 79.9. The van der Waals surface area contributed by atoms with Crippen LogP contribution >= 0.6 is 15.9 Å². The van der Waals surface area contributed by atoms with Crippen molar-refractivity contribution in [3.8, 4) is 0 Å². The molecular formula is C16H18BrF2NO3S. The number of halogens is 3. The molecule has 2 aliphatic rings. The van der Waals surface area contributed by atoms with Gasteiger partial charge in [0, 0.05) is 23.4 Å². The van der Waals surface area contributed by atoms with Gasteiger partial charge >= 0.3 is 0 Å². The Bertz CT molecular complexity index is 753. The first-order valence-electron chi connectivity index (χ1n) is 7.85. The zero-order valence-corrected chi connectivity index (χ0v) is 15.3. The van der Waals surface area contributed by atoms with Crippen molar-refractivity contribution < 1.29 is 22.0 Å². The fraction of sp³-hybridized carbons (Fsp3) is 0.562. The average molecular weight is 422 g/mol. The van der Waals surface area contributed by atoms with Gasteiger partial charge in [-0.1, -0.05) is 22.0 Å². The van der Waals surface area contributed by atoms with Gasteiger partial charge in [0.25, 0.3) is 5.92 Å². The van der Waals surface area contributed by atoms with Gasteiger partial charge in [-0.05, 0) is 37.5 Å². The van der Waals surface area contributed by atoms with Crippen molar-refractivity contribution >= 4 is 31.7 Å². The molecule has 1 aromatic carbocycles. The Morgan fingerprint density at radius 3 is 2.67 bits per heavy atom. The summed E-state index contributed by atoms with van der Waals surface area (Å²) in [5.74, 6) is -3.64. The molecule has 2 fully saturated rings. The first-order chi connectivity index (χ1) is 11.2. The highest BCUT2D eigenvalue weighted by molar-refractivity contribution is 9.10. The summed E-state index contributed by atoms with van der Waals surface area (Å²) in [6.07, 6.45) is 0.704. The van der Waals surface area contributed by atoms with Crippen LogP contribution in [0.25, 0.3) is 0 Å². The summed E-state index contributed by atoms with van der Waals surface area (Å²) in [5, 5.41) is -0.635. The van der Waals surface area contributed by atoms with E-state index in [4.69, 9.17) is 0 Å². The highest BCUT2D eigenvalue weighted by Crippen LogP contribution is 2.37. The van der Waals surface area contributed by atoms with Crippen LogP contribution in [0.4, 0.5) is 8.78 Å². The van der Waals surface area contributed by atoms with E-state index in [1.54, 1.807) is 18.2 Å². The van der Waals surface area contributed by atoms with Crippen molar-refractivity contribution in [3.63, 3.8) is 0 Å². The Kier molecular flexibility index (Phi) is 4.72. The summed E-state index contributed by atoms with van der Waals surface area (Å²) in [6, 6.07) is 6.48. The molecule has 1 heterocycles. The third kappa shape index (κ3) is 3.49. The molecule has 0 unspecified atom stereocenters. The van der Waals surface area contributed by atoms with E-state index in [1.165, 1.54) is 11.0 Å². The number of likely N-dealkylation sites (tertiary alicyclic amines) is 1. The third-order valence-corrected chi connectivity index (χ3v) is 7.49. The van der Waals surface area contributed by atoms with Crippen LogP contribution in [0.1, 0.15) is 25.7 Å². The Morgan fingerprint density at radius 1 is 1.29 bits per heavy atom. The minimum atomic E-state index is -3.52. The van der Waals surface area contributed by atoms with Crippen molar-refractivity contribution in [2.45, 2.75) is 41.8 Å². The van der Waals surface area contributed by atoms with Gasteiger partial charge < -0.3 is 4.90 Å². The Balaban J connectivity index is 1.70. The van der Waals surface area contributed by atoms with Crippen molar-refractivity contribution in [1.29, 1.82) is 0 Å². The molecule has 0 N–H and O–H groups in total. The number of hydrogen-bond acceptors (Lipinski definition) is 3. The van der Waals surface area contributed by atoms with E-state index in [9.17, 15) is 22.0 Å². The molecule has 0 bridgehead atoms. The minimum absolute atomic E-state index is 0.0470. The normalized spacial score (nSPS) is 26.7. The molecule has 2 atom stereocenters. The van der Waals surface area contributed by atoms with Gasteiger partial charge in [0.15, 0.2) is 9.84 Å². The van der Waals surface area contributed by atoms with E-state index in [1.807, 2.05) is 0 Å². The quantitative estimate of drug-likeness (QED) is 0.752. The number of amides is 1. The van der Waals surface area contributed by atoms with Gasteiger partial charge in [-0.15, -0.1) is 0 Å². The second kappa shape index (κ2) is 6.37. The van der Waals surface area contributed by atoms with E-state index in [0.717, 1.165) is 0 Å². The smallest absolute Gasteiger partial charge is 0.267 e. The van der Waals surface area contributed by atoms with Gasteiger partial charge in [-0.2, -0.15) is 0 Å². The highest BCUT2D eigenvalue weighted by Gasteiger charge is 2.45. The first-order valence-corrected chi connectivity index (χ1v) is 10.2. The van der Waals surface area contributed by atoms with Crippen molar-refractivity contribution in [2.75, 3.05) is 13.1 Å². The molecular weight excluding hydrogens is 404 g/mol. The van der Waals surface area contributed by atoms with Crippen LogP contribution in [0.5, 0.6) is 0 Å². The minimum Gasteiger partial charge on any atom is -0.336 e. The maximum Gasteiger partial charge on any atom is 0.267 e. The number of nitrogens with zero attached hydrogens (tertiary/aromatic N) is 1. The van der Waals surface area contributed by atoms with Crippen LogP contribution in [0.15, 0.2) is 33.6 Å². The largest absolute Gasteiger partial charge is 0.336 e. The topological polar surface area (TPSA) is 54.5 Å². The standard InChI is InChI=1S/C16H18BrF2NO3S/c17-12-2-1-3-13(9-12)24(22,23)14-5-4-11(8-14)15(21)20-7-6-16(18,19)10-20/h1-3,9,11,14H,4-8,10H2/t11-,14-/m1/s1. The lowest BCUT2D eigenvalue weighted by atomic mass is 10.1. The van der Waals surface area contributed by atoms with E-state index in [0.29, 0.717) is 17.3 Å². The number of benzene rings is 1. The van der Waals surface area contributed by atoms with Crippen LogP contribution in [-0.4, -0.2) is 43.5 Å². The van der Waals surface area contributed by atoms with Crippen LogP contribution in [0, 0.1) is 5.92 Å². The summed E-state index contributed by atoms with van der Waals surface area (Å²) in [7, 11) is -3.52. The molecule has 24 heavy (non-hydrogen) atoms. The van der Waals surface area contributed by atoms with Crippen molar-refractivity contribution in [1.82, 2.24) is 4.90 Å². The van der Waals surface area contributed by atoms with Crippen LogP contribution in [0.3, 0.4) is 0 Å². The molecule has 1 aromatic rings. The van der Waals surface area contributed by atoms with Gasteiger partial charge in [-0.25, -0.2) is 17.2 Å². The SMILES string of the molecule is O=C([C@@H]1CC[C@@H](S(=O)(=O)c2cccc(Br)c2)C1)N1CCC(F)(F)C1. The summed E-state index contributed by atoms with van der Waals surface area (Å²) in [5.41, 5.74) is 0. The second-order valence-electron chi connectivity index (χ2n) is 6.50. The zero-order valence-electron chi connectivity index (χ0n) is 12.9. The van der Waals surface area contributed by atoms with Gasteiger partial charge in [0.05, 0.1) is 16.7 Å². The van der Waals surface area contributed by atoms with Gasteiger partial charge in [0.1, 0.15) is 0 Å². The Morgan fingerprint density at radius 2 is 2.04 bits per heavy atom. The summed E-state index contributed by atoms with van der Waals surface area (Å²) >= 11 is 3.26. The maximum absolute atomic E-state index is 13.3. The monoisotopic (exact) mass is 421 g/mol. The summed E-state index contributed by atoms with van der Waals surface area (Å²) < 4.78 is 52.6. The molecule has 1 amide bonds. The lowest BCUT2D eigenvalue weighted by molar-refractivity contribution is -0.135. The number of alkyl halides is 2.